The van der Waals surface area contributed by atoms with Gasteiger partial charge >= 0.3 is 5.97 Å². The van der Waals surface area contributed by atoms with Crippen LogP contribution in [0.5, 0.6) is 5.75 Å². The van der Waals surface area contributed by atoms with Crippen LogP contribution in [0.1, 0.15) is 24.7 Å². The van der Waals surface area contributed by atoms with Gasteiger partial charge in [0.15, 0.2) is 0 Å². The number of halogens is 1. The Morgan fingerprint density at radius 2 is 2.30 bits per heavy atom. The van der Waals surface area contributed by atoms with Gasteiger partial charge in [0.1, 0.15) is 16.5 Å². The largest absolute Gasteiger partial charge is 0.495 e. The Kier molecular flexibility index (Phi) is 6.06. The highest BCUT2D eigenvalue weighted by molar-refractivity contribution is 8.04. The quantitative estimate of drug-likeness (QED) is 0.583. The van der Waals surface area contributed by atoms with Gasteiger partial charge in [-0.1, -0.05) is 24.6 Å². The number of aryl methyl sites for hydroxylation is 1. The van der Waals surface area contributed by atoms with Gasteiger partial charge in [0.2, 0.25) is 5.16 Å². The van der Waals surface area contributed by atoms with Gasteiger partial charge < -0.3 is 9.84 Å². The van der Waals surface area contributed by atoms with Gasteiger partial charge in [0.25, 0.3) is 0 Å². The number of carboxylic acids is 1. The zero-order valence-electron chi connectivity index (χ0n) is 12.7. The van der Waals surface area contributed by atoms with E-state index >= 15 is 0 Å². The number of hydrogen-bond donors (Lipinski definition) is 2. The molecule has 0 saturated heterocycles. The zero-order valence-corrected chi connectivity index (χ0v) is 14.2. The first-order valence-corrected chi connectivity index (χ1v) is 8.10. The third-order valence-electron chi connectivity index (χ3n) is 2.88. The SMILES string of the molecule is CCCc1nc(S/C(=C/c2ccc(OC)c(Cl)c2)C(=O)O)n[nH]1. The molecule has 1 heterocycles. The Labute approximate surface area is 142 Å². The Bertz CT molecular complexity index is 731. The first-order chi connectivity index (χ1) is 11.0. The molecule has 0 spiro atoms. The van der Waals surface area contributed by atoms with E-state index in [1.165, 1.54) is 13.2 Å². The minimum Gasteiger partial charge on any atom is -0.495 e. The highest BCUT2D eigenvalue weighted by Crippen LogP contribution is 2.29. The Morgan fingerprint density at radius 3 is 2.91 bits per heavy atom. The summed E-state index contributed by atoms with van der Waals surface area (Å²) in [4.78, 5) is 15.8. The van der Waals surface area contributed by atoms with E-state index in [1.807, 2.05) is 6.92 Å². The monoisotopic (exact) mass is 353 g/mol. The number of benzene rings is 1. The minimum atomic E-state index is -1.05. The Balaban J connectivity index is 2.23. The molecule has 0 radical (unpaired) electrons. The number of aliphatic carboxylic acids is 1. The number of rotatable bonds is 7. The second-order valence-corrected chi connectivity index (χ2v) is 6.04. The lowest BCUT2D eigenvalue weighted by Crippen LogP contribution is -1.97. The van der Waals surface area contributed by atoms with E-state index in [1.54, 1.807) is 18.2 Å². The lowest BCUT2D eigenvalue weighted by Gasteiger charge is -2.04. The fourth-order valence-corrected chi connectivity index (χ4v) is 2.82. The number of aromatic nitrogens is 3. The smallest absolute Gasteiger partial charge is 0.342 e. The number of carbonyl (C=O) groups is 1. The molecule has 0 atom stereocenters. The predicted molar refractivity (Wildman–Crippen MR) is 89.9 cm³/mol. The van der Waals surface area contributed by atoms with Gasteiger partial charge in [-0.2, -0.15) is 0 Å². The summed E-state index contributed by atoms with van der Waals surface area (Å²) < 4.78 is 5.08. The number of methoxy groups -OCH3 is 1. The predicted octanol–water partition coefficient (Wildman–Crippen LogP) is 3.64. The summed E-state index contributed by atoms with van der Waals surface area (Å²) >= 11 is 7.04. The highest BCUT2D eigenvalue weighted by Gasteiger charge is 2.14. The second kappa shape index (κ2) is 8.03. The molecule has 0 aliphatic rings. The molecule has 1 aromatic heterocycles. The Hall–Kier alpha value is -1.99. The van der Waals surface area contributed by atoms with Crippen LogP contribution in [0.2, 0.25) is 5.02 Å². The second-order valence-electron chi connectivity index (χ2n) is 4.62. The highest BCUT2D eigenvalue weighted by atomic mass is 35.5. The Morgan fingerprint density at radius 1 is 1.52 bits per heavy atom. The molecule has 6 nitrogen and oxygen atoms in total. The fraction of sp³-hybridized carbons (Fsp3) is 0.267. The van der Waals surface area contributed by atoms with E-state index in [-0.39, 0.29) is 4.91 Å². The summed E-state index contributed by atoms with van der Waals surface area (Å²) in [6.45, 7) is 2.03. The molecule has 0 saturated carbocycles. The first-order valence-electron chi connectivity index (χ1n) is 6.91. The van der Waals surface area contributed by atoms with Crippen molar-refractivity contribution < 1.29 is 14.6 Å². The van der Waals surface area contributed by atoms with Gasteiger partial charge in [0.05, 0.1) is 12.1 Å². The number of nitrogens with one attached hydrogen (secondary N) is 1. The molecule has 0 amide bonds. The van der Waals surface area contributed by atoms with Crippen LogP contribution in [-0.2, 0) is 11.2 Å². The van der Waals surface area contributed by atoms with Crippen LogP contribution >= 0.6 is 23.4 Å². The number of nitrogens with zero attached hydrogens (tertiary/aromatic N) is 2. The lowest BCUT2D eigenvalue weighted by molar-refractivity contribution is -0.131. The van der Waals surface area contributed by atoms with Crippen molar-refractivity contribution in [2.75, 3.05) is 7.11 Å². The van der Waals surface area contributed by atoms with Crippen LogP contribution in [0.4, 0.5) is 0 Å². The maximum atomic E-state index is 11.4. The van der Waals surface area contributed by atoms with Crippen molar-refractivity contribution in [1.82, 2.24) is 15.2 Å². The number of thioether (sulfide) groups is 1. The topological polar surface area (TPSA) is 88.1 Å². The van der Waals surface area contributed by atoms with E-state index in [0.717, 1.165) is 30.4 Å². The number of H-pyrrole nitrogens is 1. The van der Waals surface area contributed by atoms with Crippen LogP contribution in [-0.4, -0.2) is 33.4 Å². The maximum absolute atomic E-state index is 11.4. The molecule has 0 fully saturated rings. The minimum absolute atomic E-state index is 0.105. The summed E-state index contributed by atoms with van der Waals surface area (Å²) in [6.07, 6.45) is 3.23. The molecular weight excluding hydrogens is 338 g/mol. The van der Waals surface area contributed by atoms with Crippen LogP contribution in [0, 0.1) is 0 Å². The van der Waals surface area contributed by atoms with Crippen molar-refractivity contribution in [3.63, 3.8) is 0 Å². The van der Waals surface area contributed by atoms with Crippen LogP contribution < -0.4 is 4.74 Å². The summed E-state index contributed by atoms with van der Waals surface area (Å²) in [5.41, 5.74) is 0.657. The van der Waals surface area contributed by atoms with Crippen LogP contribution in [0.25, 0.3) is 6.08 Å². The summed E-state index contributed by atoms with van der Waals surface area (Å²) in [5.74, 6) is 0.225. The van der Waals surface area contributed by atoms with Gasteiger partial charge in [0, 0.05) is 6.42 Å². The van der Waals surface area contributed by atoms with Crippen molar-refractivity contribution in [2.24, 2.45) is 0 Å². The third kappa shape index (κ3) is 4.74. The molecule has 0 unspecified atom stereocenters. The molecule has 0 bridgehead atoms. The molecule has 2 rings (SSSR count). The third-order valence-corrected chi connectivity index (χ3v) is 4.06. The maximum Gasteiger partial charge on any atom is 0.342 e. The summed E-state index contributed by atoms with van der Waals surface area (Å²) in [7, 11) is 1.52. The van der Waals surface area contributed by atoms with Gasteiger partial charge in [-0.25, -0.2) is 9.78 Å². The van der Waals surface area contributed by atoms with E-state index in [4.69, 9.17) is 16.3 Å². The lowest BCUT2D eigenvalue weighted by atomic mass is 10.2. The van der Waals surface area contributed by atoms with E-state index in [9.17, 15) is 9.90 Å². The molecule has 1 aromatic carbocycles. The zero-order chi connectivity index (χ0) is 16.8. The molecule has 8 heteroatoms. The van der Waals surface area contributed by atoms with E-state index in [0.29, 0.717) is 21.5 Å². The number of ether oxygens (including phenoxy) is 1. The van der Waals surface area contributed by atoms with Crippen molar-refractivity contribution in [3.8, 4) is 5.75 Å². The van der Waals surface area contributed by atoms with Gasteiger partial charge in [-0.15, -0.1) is 5.10 Å². The fourth-order valence-electron chi connectivity index (χ4n) is 1.83. The van der Waals surface area contributed by atoms with E-state index < -0.39 is 5.97 Å². The standard InChI is InChI=1S/C15H16ClN3O3S/c1-3-4-13-17-15(19-18-13)23-12(14(20)21)8-9-5-6-11(22-2)10(16)7-9/h5-8H,3-4H2,1-2H3,(H,20,21)(H,17,18,19)/b12-8+. The van der Waals surface area contributed by atoms with Crippen molar-refractivity contribution >= 4 is 35.4 Å². The van der Waals surface area contributed by atoms with Crippen molar-refractivity contribution in [3.05, 3.63) is 39.5 Å². The molecule has 2 N–H and O–H groups in total. The van der Waals surface area contributed by atoms with Crippen molar-refractivity contribution in [2.45, 2.75) is 24.9 Å². The van der Waals surface area contributed by atoms with Crippen molar-refractivity contribution in [1.29, 1.82) is 0 Å². The first kappa shape index (κ1) is 17.4. The average Bonchev–Trinajstić information content (AvgIpc) is 2.94. The molecule has 0 aliphatic carbocycles. The van der Waals surface area contributed by atoms with Gasteiger partial charge in [-0.05, 0) is 42.0 Å². The number of aromatic amines is 1. The number of carboxylic acid groups (broad SMARTS) is 1. The normalized spacial score (nSPS) is 11.5. The van der Waals surface area contributed by atoms with Crippen LogP contribution in [0.15, 0.2) is 28.3 Å². The summed E-state index contributed by atoms with van der Waals surface area (Å²) in [6, 6.07) is 5.06. The van der Waals surface area contributed by atoms with Gasteiger partial charge in [-0.3, -0.25) is 5.10 Å². The average molecular weight is 354 g/mol. The molecule has 122 valence electrons. The molecule has 2 aromatic rings. The molecular formula is C15H16ClN3O3S. The number of hydrogen-bond acceptors (Lipinski definition) is 5. The van der Waals surface area contributed by atoms with E-state index in [2.05, 4.69) is 15.2 Å². The molecule has 0 aliphatic heterocycles. The molecule has 23 heavy (non-hydrogen) atoms. The van der Waals surface area contributed by atoms with Crippen LogP contribution in [0.3, 0.4) is 0 Å². The summed E-state index contributed by atoms with van der Waals surface area (Å²) in [5, 5.41) is 17.0.